The molecule has 0 saturated heterocycles. The second-order valence-electron chi connectivity index (χ2n) is 5.04. The summed E-state index contributed by atoms with van der Waals surface area (Å²) < 4.78 is 4.13. The van der Waals surface area contributed by atoms with Crippen molar-refractivity contribution in [3.63, 3.8) is 0 Å². The molecule has 0 bridgehead atoms. The Morgan fingerprint density at radius 2 is 1.76 bits per heavy atom. The van der Waals surface area contributed by atoms with Crippen molar-refractivity contribution in [1.82, 2.24) is 0 Å². The van der Waals surface area contributed by atoms with Gasteiger partial charge in [-0.1, -0.05) is 43.0 Å². The molecular weight excluding hydrogens is 292 g/mol. The first-order valence-corrected chi connectivity index (χ1v) is 8.58. The van der Waals surface area contributed by atoms with Crippen LogP contribution >= 0.6 is 22.7 Å². The SMILES string of the molecule is C=Cc1c(/C=C\C)sc2c1sc1cc3ccccc3cc12. The Kier molecular flexibility index (Phi) is 2.95. The predicted molar refractivity (Wildman–Crippen MR) is 99.5 cm³/mol. The number of rotatable bonds is 2. The van der Waals surface area contributed by atoms with Gasteiger partial charge in [-0.3, -0.25) is 0 Å². The summed E-state index contributed by atoms with van der Waals surface area (Å²) in [5.74, 6) is 0. The fourth-order valence-corrected chi connectivity index (χ4v) is 5.55. The van der Waals surface area contributed by atoms with Gasteiger partial charge in [0.1, 0.15) is 0 Å². The van der Waals surface area contributed by atoms with Crippen LogP contribution in [0.5, 0.6) is 0 Å². The molecule has 0 aliphatic rings. The molecule has 0 atom stereocenters. The standard InChI is InChI=1S/C19H14S2/c1-3-7-16-14(4-2)18-19(20-16)15-10-12-8-5-6-9-13(12)11-17(15)21-18/h3-11H,2H2,1H3/b7-3-. The first-order valence-electron chi connectivity index (χ1n) is 6.94. The molecule has 2 heteroatoms. The zero-order chi connectivity index (χ0) is 14.4. The smallest absolute Gasteiger partial charge is 0.0542 e. The normalized spacial score (nSPS) is 12.0. The molecule has 0 nitrogen and oxygen atoms in total. The van der Waals surface area contributed by atoms with E-state index in [0.717, 1.165) is 0 Å². The second-order valence-corrected chi connectivity index (χ2v) is 7.14. The number of hydrogen-bond donors (Lipinski definition) is 0. The maximum atomic E-state index is 4.00. The monoisotopic (exact) mass is 306 g/mol. The topological polar surface area (TPSA) is 0 Å². The van der Waals surface area contributed by atoms with Crippen molar-refractivity contribution in [2.75, 3.05) is 0 Å². The Labute approximate surface area is 131 Å². The van der Waals surface area contributed by atoms with Crippen molar-refractivity contribution < 1.29 is 0 Å². The van der Waals surface area contributed by atoms with Crippen molar-refractivity contribution in [3.05, 3.63) is 59.5 Å². The zero-order valence-corrected chi connectivity index (χ0v) is 13.4. The van der Waals surface area contributed by atoms with E-state index in [1.54, 1.807) is 0 Å². The lowest BCUT2D eigenvalue weighted by Crippen LogP contribution is -1.70. The van der Waals surface area contributed by atoms with Gasteiger partial charge >= 0.3 is 0 Å². The van der Waals surface area contributed by atoms with Crippen molar-refractivity contribution >= 4 is 65.1 Å². The van der Waals surface area contributed by atoms with Crippen LogP contribution in [0.15, 0.2) is 49.1 Å². The Morgan fingerprint density at radius 1 is 1.00 bits per heavy atom. The van der Waals surface area contributed by atoms with Gasteiger partial charge < -0.3 is 0 Å². The van der Waals surface area contributed by atoms with E-state index in [9.17, 15) is 0 Å². The quantitative estimate of drug-likeness (QED) is 0.376. The Hall–Kier alpha value is -1.90. The van der Waals surface area contributed by atoms with Gasteiger partial charge in [0.05, 0.1) is 9.40 Å². The van der Waals surface area contributed by atoms with Gasteiger partial charge in [0.15, 0.2) is 0 Å². The molecule has 102 valence electrons. The summed E-state index contributed by atoms with van der Waals surface area (Å²) in [7, 11) is 0. The van der Waals surface area contributed by atoms with Crippen LogP contribution in [0.2, 0.25) is 0 Å². The summed E-state index contributed by atoms with van der Waals surface area (Å²) in [5, 5.41) is 4.00. The molecule has 4 rings (SSSR count). The summed E-state index contributed by atoms with van der Waals surface area (Å²) in [6.45, 7) is 6.06. The molecule has 2 aromatic heterocycles. The van der Waals surface area contributed by atoms with Crippen molar-refractivity contribution in [2.24, 2.45) is 0 Å². The van der Waals surface area contributed by atoms with E-state index in [1.807, 2.05) is 28.7 Å². The van der Waals surface area contributed by atoms with E-state index in [4.69, 9.17) is 0 Å². The van der Waals surface area contributed by atoms with Crippen LogP contribution in [0.1, 0.15) is 17.4 Å². The van der Waals surface area contributed by atoms with E-state index in [-0.39, 0.29) is 0 Å². The van der Waals surface area contributed by atoms with Crippen LogP contribution in [-0.4, -0.2) is 0 Å². The number of benzene rings is 2. The molecule has 0 amide bonds. The molecule has 0 spiro atoms. The highest BCUT2D eigenvalue weighted by Crippen LogP contribution is 2.44. The van der Waals surface area contributed by atoms with Gasteiger partial charge in [-0.15, -0.1) is 22.7 Å². The molecule has 21 heavy (non-hydrogen) atoms. The maximum Gasteiger partial charge on any atom is 0.0542 e. The molecule has 2 heterocycles. The van der Waals surface area contributed by atoms with Crippen LogP contribution in [0, 0.1) is 0 Å². The number of thiophene rings is 2. The highest BCUT2D eigenvalue weighted by atomic mass is 32.1. The van der Waals surface area contributed by atoms with Gasteiger partial charge in [-0.2, -0.15) is 0 Å². The average Bonchev–Trinajstić information content (AvgIpc) is 3.00. The summed E-state index contributed by atoms with van der Waals surface area (Å²) >= 11 is 3.75. The third-order valence-corrected chi connectivity index (χ3v) is 6.27. The first kappa shape index (κ1) is 12.8. The van der Waals surface area contributed by atoms with E-state index in [0.29, 0.717) is 0 Å². The summed E-state index contributed by atoms with van der Waals surface area (Å²) in [6.07, 6.45) is 6.27. The fourth-order valence-electron chi connectivity index (χ4n) is 2.78. The van der Waals surface area contributed by atoms with Gasteiger partial charge in [0, 0.05) is 20.5 Å². The minimum absolute atomic E-state index is 1.28. The van der Waals surface area contributed by atoms with E-state index >= 15 is 0 Å². The Bertz CT molecular complexity index is 1010. The predicted octanol–water partition coefficient (Wildman–Crippen LogP) is 6.95. The third-order valence-electron chi connectivity index (χ3n) is 3.76. The van der Waals surface area contributed by atoms with Gasteiger partial charge in [-0.25, -0.2) is 0 Å². The zero-order valence-electron chi connectivity index (χ0n) is 11.7. The Morgan fingerprint density at radius 3 is 2.48 bits per heavy atom. The molecule has 0 aliphatic carbocycles. The highest BCUT2D eigenvalue weighted by Gasteiger charge is 2.14. The third kappa shape index (κ3) is 1.87. The maximum absolute atomic E-state index is 4.00. The molecule has 4 aromatic rings. The van der Waals surface area contributed by atoms with Crippen LogP contribution in [0.3, 0.4) is 0 Å². The number of allylic oxidation sites excluding steroid dienone is 1. The molecule has 0 saturated carbocycles. The lowest BCUT2D eigenvalue weighted by molar-refractivity contribution is 1.78. The average molecular weight is 306 g/mol. The molecule has 0 N–H and O–H groups in total. The van der Waals surface area contributed by atoms with E-state index in [1.165, 1.54) is 40.7 Å². The minimum Gasteiger partial charge on any atom is -0.134 e. The van der Waals surface area contributed by atoms with Gasteiger partial charge in [-0.05, 0) is 35.9 Å². The summed E-state index contributed by atoms with van der Waals surface area (Å²) in [5.41, 5.74) is 1.28. The molecule has 0 fully saturated rings. The molecule has 0 aliphatic heterocycles. The van der Waals surface area contributed by atoms with Crippen LogP contribution in [0.4, 0.5) is 0 Å². The molecular formula is C19H14S2. The first-order chi connectivity index (χ1) is 10.3. The van der Waals surface area contributed by atoms with Crippen molar-refractivity contribution in [1.29, 1.82) is 0 Å². The van der Waals surface area contributed by atoms with Gasteiger partial charge in [0.2, 0.25) is 0 Å². The minimum atomic E-state index is 1.28. The Balaban J connectivity index is 2.15. The van der Waals surface area contributed by atoms with Crippen LogP contribution in [0.25, 0.3) is 42.4 Å². The van der Waals surface area contributed by atoms with Crippen LogP contribution < -0.4 is 0 Å². The molecule has 2 aromatic carbocycles. The summed E-state index contributed by atoms with van der Waals surface area (Å²) in [6, 6.07) is 13.2. The lowest BCUT2D eigenvalue weighted by atomic mass is 10.1. The van der Waals surface area contributed by atoms with E-state index < -0.39 is 0 Å². The summed E-state index contributed by atoms with van der Waals surface area (Å²) in [4.78, 5) is 1.31. The van der Waals surface area contributed by atoms with Crippen molar-refractivity contribution in [3.8, 4) is 0 Å². The number of hydrogen-bond acceptors (Lipinski definition) is 2. The molecule has 0 unspecified atom stereocenters. The van der Waals surface area contributed by atoms with E-state index in [2.05, 4.69) is 62.1 Å². The van der Waals surface area contributed by atoms with Gasteiger partial charge in [0.25, 0.3) is 0 Å². The largest absolute Gasteiger partial charge is 0.134 e. The lowest BCUT2D eigenvalue weighted by Gasteiger charge is -1.97. The fraction of sp³-hybridized carbons (Fsp3) is 0.0526. The van der Waals surface area contributed by atoms with Crippen molar-refractivity contribution in [2.45, 2.75) is 6.92 Å². The highest BCUT2D eigenvalue weighted by molar-refractivity contribution is 7.33. The molecule has 0 radical (unpaired) electrons. The number of fused-ring (bicyclic) bond motifs is 4. The van der Waals surface area contributed by atoms with Crippen LogP contribution in [-0.2, 0) is 0 Å². The second kappa shape index (κ2) is 4.83.